The predicted octanol–water partition coefficient (Wildman–Crippen LogP) is 3.86. The topological polar surface area (TPSA) is 74.4 Å². The Morgan fingerprint density at radius 2 is 2.00 bits per heavy atom. The van der Waals surface area contributed by atoms with Crippen molar-refractivity contribution in [1.29, 1.82) is 0 Å². The van der Waals surface area contributed by atoms with Crippen molar-refractivity contribution in [2.24, 2.45) is 23.5 Å². The molecule has 2 aromatic rings. The molecule has 1 fully saturated rings. The second-order valence-electron chi connectivity index (χ2n) is 8.24. The average molecular weight is 368 g/mol. The molecule has 27 heavy (non-hydrogen) atoms. The predicted molar refractivity (Wildman–Crippen MR) is 105 cm³/mol. The van der Waals surface area contributed by atoms with Gasteiger partial charge in [0.2, 0.25) is 5.91 Å². The van der Waals surface area contributed by atoms with Crippen molar-refractivity contribution in [1.82, 2.24) is 4.98 Å². The number of aromatic nitrogens is 1. The van der Waals surface area contributed by atoms with Crippen LogP contribution < -0.4 is 15.2 Å². The number of benzene rings is 1. The van der Waals surface area contributed by atoms with Gasteiger partial charge in [-0.3, -0.25) is 9.78 Å². The van der Waals surface area contributed by atoms with Crippen molar-refractivity contribution in [3.8, 4) is 11.5 Å². The highest BCUT2D eigenvalue weighted by molar-refractivity contribution is 5.85. The van der Waals surface area contributed by atoms with E-state index in [1.165, 1.54) is 5.56 Å². The number of rotatable bonds is 4. The molecular weight excluding hydrogens is 340 g/mol. The summed E-state index contributed by atoms with van der Waals surface area (Å²) in [5, 5.41) is 1.13. The lowest BCUT2D eigenvalue weighted by molar-refractivity contribution is -0.123. The van der Waals surface area contributed by atoms with Crippen molar-refractivity contribution >= 4 is 16.8 Å². The molecule has 4 rings (SSSR count). The van der Waals surface area contributed by atoms with Crippen molar-refractivity contribution < 1.29 is 14.3 Å². The van der Waals surface area contributed by atoms with Crippen LogP contribution in [0.2, 0.25) is 0 Å². The zero-order valence-electron chi connectivity index (χ0n) is 16.1. The van der Waals surface area contributed by atoms with E-state index in [9.17, 15) is 4.79 Å². The number of amides is 1. The monoisotopic (exact) mass is 368 g/mol. The third-order valence-corrected chi connectivity index (χ3v) is 6.04. The molecule has 1 aliphatic carbocycles. The van der Waals surface area contributed by atoms with Gasteiger partial charge in [-0.15, -0.1) is 0 Å². The zero-order valence-corrected chi connectivity index (χ0v) is 16.1. The quantitative estimate of drug-likeness (QED) is 0.889. The van der Waals surface area contributed by atoms with E-state index in [1.807, 2.05) is 32.2 Å². The Hall–Kier alpha value is -2.30. The van der Waals surface area contributed by atoms with Crippen LogP contribution >= 0.6 is 0 Å². The molecule has 0 saturated heterocycles. The van der Waals surface area contributed by atoms with Crippen molar-refractivity contribution in [2.75, 3.05) is 6.61 Å². The summed E-state index contributed by atoms with van der Waals surface area (Å²) in [7, 11) is 0. The molecule has 1 saturated carbocycles. The number of carbonyl (C=O) groups excluding carboxylic acids is 1. The minimum atomic E-state index is -0.145. The lowest BCUT2D eigenvalue weighted by atomic mass is 9.73. The maximum absolute atomic E-state index is 11.4. The molecule has 2 N–H and O–H groups in total. The Labute approximate surface area is 160 Å². The van der Waals surface area contributed by atoms with Crippen molar-refractivity contribution in [2.45, 2.75) is 52.1 Å². The largest absolute Gasteiger partial charge is 0.491 e. The highest BCUT2D eigenvalue weighted by Crippen LogP contribution is 2.41. The number of carbonyl (C=O) groups is 1. The number of nitrogens with zero attached hydrogens (tertiary/aromatic N) is 1. The smallest absolute Gasteiger partial charge is 0.220 e. The second kappa shape index (κ2) is 7.37. The maximum atomic E-state index is 11.4. The first-order valence-corrected chi connectivity index (χ1v) is 10.0. The second-order valence-corrected chi connectivity index (χ2v) is 8.24. The molecule has 144 valence electrons. The van der Waals surface area contributed by atoms with Gasteiger partial charge in [-0.05, 0) is 76.0 Å². The van der Waals surface area contributed by atoms with Crippen molar-refractivity contribution in [3.05, 3.63) is 30.0 Å². The third-order valence-electron chi connectivity index (χ3n) is 6.04. The minimum absolute atomic E-state index is 0.0545. The van der Waals surface area contributed by atoms with Crippen LogP contribution in [0.1, 0.15) is 45.1 Å². The Kier molecular flexibility index (Phi) is 4.94. The minimum Gasteiger partial charge on any atom is -0.491 e. The standard InChI is InChI=1S/C22H28N2O3/c1-13(2)27-17-7-8-20-18(10-17)19-9-16(12-26-21(19)11-24-20)14-3-5-15(6-4-14)22(23)25/h7-8,10-11,13-16H,3-6,9,12H2,1-2H3,(H2,23,25). The lowest BCUT2D eigenvalue weighted by Gasteiger charge is -2.35. The van der Waals surface area contributed by atoms with E-state index in [4.69, 9.17) is 15.2 Å². The Morgan fingerprint density at radius 1 is 1.22 bits per heavy atom. The van der Waals surface area contributed by atoms with E-state index >= 15 is 0 Å². The van der Waals surface area contributed by atoms with Gasteiger partial charge in [0.25, 0.3) is 0 Å². The van der Waals surface area contributed by atoms with Gasteiger partial charge in [-0.25, -0.2) is 0 Å². The molecule has 1 atom stereocenters. The molecule has 0 bridgehead atoms. The Balaban J connectivity index is 1.57. The van der Waals surface area contributed by atoms with Crippen LogP contribution in [0.25, 0.3) is 10.9 Å². The fraction of sp³-hybridized carbons (Fsp3) is 0.545. The molecule has 5 nitrogen and oxygen atoms in total. The summed E-state index contributed by atoms with van der Waals surface area (Å²) in [6, 6.07) is 6.10. The number of nitrogens with two attached hydrogens (primary N) is 1. The molecule has 1 aliphatic heterocycles. The summed E-state index contributed by atoms with van der Waals surface area (Å²) in [6.07, 6.45) is 6.91. The fourth-order valence-electron chi connectivity index (χ4n) is 4.58. The summed E-state index contributed by atoms with van der Waals surface area (Å²) in [5.41, 5.74) is 7.70. The normalized spacial score (nSPS) is 25.1. The van der Waals surface area contributed by atoms with Gasteiger partial charge in [0, 0.05) is 16.9 Å². The summed E-state index contributed by atoms with van der Waals surface area (Å²) in [5.74, 6) is 2.74. The molecule has 5 heteroatoms. The number of pyridine rings is 1. The SMILES string of the molecule is CC(C)Oc1ccc2ncc3c(c2c1)CC(C1CCC(C(N)=O)CC1)CO3. The van der Waals surface area contributed by atoms with Crippen LogP contribution in [0.5, 0.6) is 11.5 Å². The fourth-order valence-corrected chi connectivity index (χ4v) is 4.58. The van der Waals surface area contributed by atoms with E-state index in [2.05, 4.69) is 11.1 Å². The van der Waals surface area contributed by atoms with E-state index < -0.39 is 0 Å². The highest BCUT2D eigenvalue weighted by atomic mass is 16.5. The number of hydrogen-bond acceptors (Lipinski definition) is 4. The third kappa shape index (κ3) is 3.73. The van der Waals surface area contributed by atoms with Gasteiger partial charge in [0.15, 0.2) is 0 Å². The molecule has 0 radical (unpaired) electrons. The maximum Gasteiger partial charge on any atom is 0.220 e. The molecule has 1 amide bonds. The number of hydrogen-bond donors (Lipinski definition) is 1. The molecule has 0 spiro atoms. The van der Waals surface area contributed by atoms with E-state index in [-0.39, 0.29) is 17.9 Å². The van der Waals surface area contributed by atoms with Gasteiger partial charge in [-0.2, -0.15) is 0 Å². The van der Waals surface area contributed by atoms with E-state index in [1.54, 1.807) is 0 Å². The molecule has 2 heterocycles. The molecule has 2 aliphatic rings. The van der Waals surface area contributed by atoms with E-state index in [0.717, 1.165) is 61.1 Å². The first kappa shape index (κ1) is 18.1. The molecule has 1 aromatic heterocycles. The zero-order chi connectivity index (χ0) is 19.0. The average Bonchev–Trinajstić information content (AvgIpc) is 2.67. The first-order valence-electron chi connectivity index (χ1n) is 10.0. The molecule has 1 unspecified atom stereocenters. The van der Waals surface area contributed by atoms with Crippen LogP contribution in [0.15, 0.2) is 24.4 Å². The van der Waals surface area contributed by atoms with Crippen LogP contribution in [0.4, 0.5) is 0 Å². The van der Waals surface area contributed by atoms with Gasteiger partial charge >= 0.3 is 0 Å². The van der Waals surface area contributed by atoms with Crippen LogP contribution in [-0.2, 0) is 11.2 Å². The van der Waals surface area contributed by atoms with Gasteiger partial charge in [0.1, 0.15) is 11.5 Å². The summed E-state index contributed by atoms with van der Waals surface area (Å²) in [6.45, 7) is 4.79. The Morgan fingerprint density at radius 3 is 2.70 bits per heavy atom. The van der Waals surface area contributed by atoms with Crippen LogP contribution in [0, 0.1) is 17.8 Å². The Bertz CT molecular complexity index is 841. The number of primary amides is 1. The first-order chi connectivity index (χ1) is 13.0. The number of fused-ring (bicyclic) bond motifs is 3. The van der Waals surface area contributed by atoms with Gasteiger partial charge < -0.3 is 15.2 Å². The van der Waals surface area contributed by atoms with Gasteiger partial charge in [0.05, 0.1) is 24.4 Å². The summed E-state index contributed by atoms with van der Waals surface area (Å²) in [4.78, 5) is 16.0. The van der Waals surface area contributed by atoms with Crippen LogP contribution in [-0.4, -0.2) is 23.6 Å². The van der Waals surface area contributed by atoms with E-state index in [0.29, 0.717) is 11.8 Å². The summed E-state index contributed by atoms with van der Waals surface area (Å²) >= 11 is 0. The van der Waals surface area contributed by atoms with Crippen molar-refractivity contribution in [3.63, 3.8) is 0 Å². The molecular formula is C22H28N2O3. The van der Waals surface area contributed by atoms with Gasteiger partial charge in [-0.1, -0.05) is 0 Å². The summed E-state index contributed by atoms with van der Waals surface area (Å²) < 4.78 is 12.0. The lowest BCUT2D eigenvalue weighted by Crippen LogP contribution is -2.34. The highest BCUT2D eigenvalue weighted by Gasteiger charge is 2.33. The number of ether oxygens (including phenoxy) is 2. The molecule has 1 aromatic carbocycles. The van der Waals surface area contributed by atoms with Crippen LogP contribution in [0.3, 0.4) is 0 Å².